The van der Waals surface area contributed by atoms with Crippen LogP contribution in [0.15, 0.2) is 79.1 Å². The van der Waals surface area contributed by atoms with E-state index in [4.69, 9.17) is 0 Å². The van der Waals surface area contributed by atoms with Crippen LogP contribution >= 0.6 is 0 Å². The summed E-state index contributed by atoms with van der Waals surface area (Å²) in [7, 11) is 0. The van der Waals surface area contributed by atoms with Crippen LogP contribution in [0.3, 0.4) is 0 Å². The first-order valence-electron chi connectivity index (χ1n) is 6.97. The molecule has 1 atom stereocenters. The van der Waals surface area contributed by atoms with Crippen LogP contribution in [0, 0.1) is 0 Å². The lowest BCUT2D eigenvalue weighted by molar-refractivity contribution is 0.102. The minimum absolute atomic E-state index is 0.789. The third-order valence-corrected chi connectivity index (χ3v) is 3.78. The van der Waals surface area contributed by atoms with Gasteiger partial charge in [-0.15, -0.1) is 0 Å². The largest absolute Gasteiger partial charge is 0.381 e. The average molecular weight is 275 g/mol. The molecule has 2 aromatic carbocycles. The maximum absolute atomic E-state index is 10.8. The summed E-state index contributed by atoms with van der Waals surface area (Å²) in [5, 5.41) is 10.8. The molecule has 0 aliphatic carbocycles. The maximum atomic E-state index is 10.8. The molecule has 3 aromatic rings. The van der Waals surface area contributed by atoms with Gasteiger partial charge in [0.25, 0.3) is 0 Å². The molecule has 0 radical (unpaired) electrons. The summed E-state index contributed by atoms with van der Waals surface area (Å²) in [5.74, 6) is 0. The van der Waals surface area contributed by atoms with Crippen molar-refractivity contribution in [2.45, 2.75) is 12.5 Å². The van der Waals surface area contributed by atoms with Crippen LogP contribution in [0.5, 0.6) is 0 Å². The molecule has 2 heteroatoms. The van der Waals surface area contributed by atoms with Crippen LogP contribution < -0.4 is 0 Å². The van der Waals surface area contributed by atoms with E-state index in [1.54, 1.807) is 19.3 Å². The minimum atomic E-state index is -1.04. The average Bonchev–Trinajstić information content (AvgIpc) is 2.57. The Labute approximate surface area is 124 Å². The summed E-state index contributed by atoms with van der Waals surface area (Å²) < 4.78 is 0. The minimum Gasteiger partial charge on any atom is -0.381 e. The molecular formula is C19H17NO. The predicted molar refractivity (Wildman–Crippen MR) is 84.8 cm³/mol. The lowest BCUT2D eigenvalue weighted by Crippen LogP contribution is -2.22. The molecule has 1 aromatic heterocycles. The molecule has 3 rings (SSSR count). The number of hydrogen-bond donors (Lipinski definition) is 1. The van der Waals surface area contributed by atoms with Gasteiger partial charge in [-0.1, -0.05) is 60.7 Å². The van der Waals surface area contributed by atoms with Crippen molar-refractivity contribution in [3.63, 3.8) is 0 Å². The molecule has 2 nitrogen and oxygen atoms in total. The summed E-state index contributed by atoms with van der Waals surface area (Å²) in [5.41, 5.74) is 2.92. The molecule has 0 amide bonds. The van der Waals surface area contributed by atoms with Crippen LogP contribution in [0.25, 0.3) is 11.1 Å². The maximum Gasteiger partial charge on any atom is 0.113 e. The number of rotatable bonds is 3. The highest BCUT2D eigenvalue weighted by Gasteiger charge is 2.25. The molecule has 0 unspecified atom stereocenters. The van der Waals surface area contributed by atoms with Gasteiger partial charge in [0.1, 0.15) is 5.60 Å². The van der Waals surface area contributed by atoms with Gasteiger partial charge < -0.3 is 5.11 Å². The monoisotopic (exact) mass is 275 g/mol. The Morgan fingerprint density at radius 1 is 0.762 bits per heavy atom. The van der Waals surface area contributed by atoms with E-state index >= 15 is 0 Å². The predicted octanol–water partition coefficient (Wildman–Crippen LogP) is 4.00. The quantitative estimate of drug-likeness (QED) is 0.783. The molecule has 0 saturated carbocycles. The van der Waals surface area contributed by atoms with Gasteiger partial charge in [0.05, 0.1) is 0 Å². The molecule has 0 spiro atoms. The van der Waals surface area contributed by atoms with E-state index < -0.39 is 5.60 Å². The number of hydrogen-bond acceptors (Lipinski definition) is 2. The molecule has 0 bridgehead atoms. The van der Waals surface area contributed by atoms with Crippen molar-refractivity contribution in [2.24, 2.45) is 0 Å². The molecule has 0 aliphatic rings. The van der Waals surface area contributed by atoms with Crippen molar-refractivity contribution in [1.82, 2.24) is 4.98 Å². The zero-order valence-corrected chi connectivity index (χ0v) is 11.9. The van der Waals surface area contributed by atoms with Crippen LogP contribution in [-0.4, -0.2) is 10.1 Å². The molecular weight excluding hydrogens is 258 g/mol. The smallest absolute Gasteiger partial charge is 0.113 e. The second-order valence-electron chi connectivity index (χ2n) is 5.26. The summed E-state index contributed by atoms with van der Waals surface area (Å²) in [6, 6.07) is 21.9. The van der Waals surface area contributed by atoms with Crippen molar-refractivity contribution in [1.29, 1.82) is 0 Å². The summed E-state index contributed by atoms with van der Waals surface area (Å²) in [6.07, 6.45) is 3.41. The van der Waals surface area contributed by atoms with Gasteiger partial charge in [-0.05, 0) is 29.7 Å². The first kappa shape index (κ1) is 13.5. The highest BCUT2D eigenvalue weighted by molar-refractivity contribution is 5.63. The van der Waals surface area contributed by atoms with Crippen LogP contribution in [-0.2, 0) is 5.60 Å². The van der Waals surface area contributed by atoms with Crippen molar-refractivity contribution in [3.05, 3.63) is 90.3 Å². The SMILES string of the molecule is C[C@@](O)(c1ccc(-c2ccccc2)cc1)c1cccnc1. The number of pyridine rings is 1. The fraction of sp³-hybridized carbons (Fsp3) is 0.105. The molecule has 0 saturated heterocycles. The van der Waals surface area contributed by atoms with Crippen LogP contribution in [0.1, 0.15) is 18.1 Å². The number of benzene rings is 2. The molecule has 1 N–H and O–H groups in total. The van der Waals surface area contributed by atoms with Gasteiger partial charge in [0, 0.05) is 18.0 Å². The Morgan fingerprint density at radius 2 is 1.43 bits per heavy atom. The van der Waals surface area contributed by atoms with Gasteiger partial charge in [-0.2, -0.15) is 0 Å². The fourth-order valence-corrected chi connectivity index (χ4v) is 2.44. The Balaban J connectivity index is 1.94. The van der Waals surface area contributed by atoms with E-state index in [9.17, 15) is 5.11 Å². The molecule has 0 fully saturated rings. The Bertz CT molecular complexity index is 704. The molecule has 0 aliphatic heterocycles. The van der Waals surface area contributed by atoms with Gasteiger partial charge in [-0.25, -0.2) is 0 Å². The van der Waals surface area contributed by atoms with Crippen LogP contribution in [0.4, 0.5) is 0 Å². The van der Waals surface area contributed by atoms with E-state index in [0.29, 0.717) is 0 Å². The molecule has 21 heavy (non-hydrogen) atoms. The summed E-state index contributed by atoms with van der Waals surface area (Å²) >= 11 is 0. The van der Waals surface area contributed by atoms with Crippen molar-refractivity contribution >= 4 is 0 Å². The topological polar surface area (TPSA) is 33.1 Å². The van der Waals surface area contributed by atoms with E-state index in [1.165, 1.54) is 5.56 Å². The van der Waals surface area contributed by atoms with Gasteiger partial charge >= 0.3 is 0 Å². The van der Waals surface area contributed by atoms with Gasteiger partial charge in [-0.3, -0.25) is 4.98 Å². The Morgan fingerprint density at radius 3 is 2.05 bits per heavy atom. The summed E-state index contributed by atoms with van der Waals surface area (Å²) in [4.78, 5) is 4.08. The number of aliphatic hydroxyl groups is 1. The third-order valence-electron chi connectivity index (χ3n) is 3.78. The Hall–Kier alpha value is -2.45. The number of aromatic nitrogens is 1. The van der Waals surface area contributed by atoms with E-state index in [-0.39, 0.29) is 0 Å². The highest BCUT2D eigenvalue weighted by atomic mass is 16.3. The van der Waals surface area contributed by atoms with Crippen molar-refractivity contribution < 1.29 is 5.11 Å². The van der Waals surface area contributed by atoms with Gasteiger partial charge in [0.15, 0.2) is 0 Å². The lowest BCUT2D eigenvalue weighted by Gasteiger charge is -2.24. The molecule has 104 valence electrons. The zero-order chi connectivity index (χ0) is 14.7. The first-order chi connectivity index (χ1) is 10.2. The second-order valence-corrected chi connectivity index (χ2v) is 5.26. The fourth-order valence-electron chi connectivity index (χ4n) is 2.44. The van der Waals surface area contributed by atoms with Gasteiger partial charge in [0.2, 0.25) is 0 Å². The van der Waals surface area contributed by atoms with E-state index in [2.05, 4.69) is 17.1 Å². The zero-order valence-electron chi connectivity index (χ0n) is 11.9. The molecule has 1 heterocycles. The van der Waals surface area contributed by atoms with E-state index in [0.717, 1.165) is 16.7 Å². The number of nitrogens with zero attached hydrogens (tertiary/aromatic N) is 1. The van der Waals surface area contributed by atoms with Crippen LogP contribution in [0.2, 0.25) is 0 Å². The van der Waals surface area contributed by atoms with E-state index in [1.807, 2.05) is 54.6 Å². The van der Waals surface area contributed by atoms with Crippen molar-refractivity contribution in [3.8, 4) is 11.1 Å². The normalized spacial score (nSPS) is 13.6. The second kappa shape index (κ2) is 5.51. The first-order valence-corrected chi connectivity index (χ1v) is 6.97. The lowest BCUT2D eigenvalue weighted by atomic mass is 9.88. The van der Waals surface area contributed by atoms with Crippen molar-refractivity contribution in [2.75, 3.05) is 0 Å². The standard InChI is InChI=1S/C19H17NO/c1-19(21,18-8-5-13-20-14-18)17-11-9-16(10-12-17)15-6-3-2-4-7-15/h2-14,21H,1H3/t19-/m1/s1. The summed E-state index contributed by atoms with van der Waals surface area (Å²) in [6.45, 7) is 1.79. The third kappa shape index (κ3) is 2.71. The Kier molecular flexibility index (Phi) is 3.55. The highest BCUT2D eigenvalue weighted by Crippen LogP contribution is 2.30.